The third-order valence-electron chi connectivity index (χ3n) is 1.65. The fourth-order valence-corrected chi connectivity index (χ4v) is 0.997. The Morgan fingerprint density at radius 1 is 1.38 bits per heavy atom. The molecule has 1 amide bonds. The predicted octanol–water partition coefficient (Wildman–Crippen LogP) is 1.32. The predicted molar refractivity (Wildman–Crippen MR) is 48.5 cm³/mol. The zero-order chi connectivity index (χ0) is 9.68. The summed E-state index contributed by atoms with van der Waals surface area (Å²) in [7, 11) is 0. The molecule has 1 aromatic carbocycles. The number of halogens is 1. The van der Waals surface area contributed by atoms with Gasteiger partial charge < -0.3 is 5.32 Å². The number of hydrogen-bond acceptors (Lipinski definition) is 1. The van der Waals surface area contributed by atoms with Gasteiger partial charge in [-0.1, -0.05) is 12.1 Å². The van der Waals surface area contributed by atoms with E-state index in [4.69, 9.17) is 0 Å². The highest BCUT2D eigenvalue weighted by atomic mass is 19.1. The third-order valence-corrected chi connectivity index (χ3v) is 1.65. The minimum Gasteiger partial charge on any atom is -0.356 e. The van der Waals surface area contributed by atoms with E-state index in [-0.39, 0.29) is 11.7 Å². The van der Waals surface area contributed by atoms with Gasteiger partial charge in [-0.15, -0.1) is 0 Å². The summed E-state index contributed by atoms with van der Waals surface area (Å²) in [4.78, 5) is 10.4. The lowest BCUT2D eigenvalue weighted by atomic mass is 10.1. The van der Waals surface area contributed by atoms with Crippen molar-refractivity contribution in [3.63, 3.8) is 0 Å². The van der Waals surface area contributed by atoms with Crippen LogP contribution in [-0.2, 0) is 11.2 Å². The zero-order valence-electron chi connectivity index (χ0n) is 7.22. The summed E-state index contributed by atoms with van der Waals surface area (Å²) in [5.41, 5.74) is 0.996. The van der Waals surface area contributed by atoms with E-state index in [0.717, 1.165) is 5.56 Å². The molecular formula is C10H11FNO. The van der Waals surface area contributed by atoms with E-state index in [2.05, 4.69) is 12.2 Å². The fraction of sp³-hybridized carbons (Fsp3) is 0.200. The topological polar surface area (TPSA) is 29.1 Å². The van der Waals surface area contributed by atoms with Crippen molar-refractivity contribution >= 4 is 5.91 Å². The maximum absolute atomic E-state index is 12.5. The zero-order valence-corrected chi connectivity index (χ0v) is 7.22. The van der Waals surface area contributed by atoms with Crippen LogP contribution in [0.2, 0.25) is 0 Å². The Labute approximate surface area is 76.8 Å². The van der Waals surface area contributed by atoms with Crippen LogP contribution < -0.4 is 5.32 Å². The normalized spacial score (nSPS) is 9.69. The number of amides is 1. The van der Waals surface area contributed by atoms with Crippen molar-refractivity contribution in [1.29, 1.82) is 0 Å². The van der Waals surface area contributed by atoms with Crippen molar-refractivity contribution in [2.75, 3.05) is 6.54 Å². The number of hydrogen-bond donors (Lipinski definition) is 1. The van der Waals surface area contributed by atoms with Gasteiger partial charge in [-0.05, 0) is 24.1 Å². The van der Waals surface area contributed by atoms with Crippen LogP contribution in [0.25, 0.3) is 0 Å². The summed E-state index contributed by atoms with van der Waals surface area (Å²) in [6.07, 6.45) is 0.696. The first-order valence-electron chi connectivity index (χ1n) is 4.03. The molecule has 0 heterocycles. The van der Waals surface area contributed by atoms with Gasteiger partial charge in [0.25, 0.3) is 0 Å². The number of benzene rings is 1. The molecule has 0 fully saturated rings. The average molecular weight is 180 g/mol. The summed E-state index contributed by atoms with van der Waals surface area (Å²) in [6.45, 7) is 3.71. The second kappa shape index (κ2) is 4.60. The van der Waals surface area contributed by atoms with E-state index in [0.29, 0.717) is 13.0 Å². The maximum atomic E-state index is 12.5. The Morgan fingerprint density at radius 2 is 2.00 bits per heavy atom. The van der Waals surface area contributed by atoms with Crippen molar-refractivity contribution < 1.29 is 9.18 Å². The van der Waals surface area contributed by atoms with E-state index in [1.165, 1.54) is 12.1 Å². The molecule has 0 saturated heterocycles. The van der Waals surface area contributed by atoms with E-state index in [1.54, 1.807) is 12.1 Å². The number of nitrogens with one attached hydrogen (secondary N) is 1. The molecule has 1 radical (unpaired) electrons. The summed E-state index contributed by atoms with van der Waals surface area (Å²) in [6, 6.07) is 6.21. The van der Waals surface area contributed by atoms with Gasteiger partial charge in [0.1, 0.15) is 5.82 Å². The molecule has 0 bridgehead atoms. The Kier molecular flexibility index (Phi) is 3.43. The summed E-state index contributed by atoms with van der Waals surface area (Å²) in [5.74, 6) is -0.535. The maximum Gasteiger partial charge on any atom is 0.220 e. The highest BCUT2D eigenvalue weighted by Crippen LogP contribution is 2.02. The molecule has 0 aliphatic heterocycles. The van der Waals surface area contributed by atoms with Crippen LogP contribution in [0.1, 0.15) is 5.56 Å². The quantitative estimate of drug-likeness (QED) is 0.746. The lowest BCUT2D eigenvalue weighted by Crippen LogP contribution is -2.22. The molecule has 0 aromatic heterocycles. The molecule has 0 aliphatic rings. The molecule has 0 atom stereocenters. The van der Waals surface area contributed by atoms with Crippen LogP contribution in [0.4, 0.5) is 4.39 Å². The minimum absolute atomic E-state index is 0.245. The Hall–Kier alpha value is -1.38. The highest BCUT2D eigenvalue weighted by molar-refractivity contribution is 5.79. The molecule has 1 aromatic rings. The number of rotatable bonds is 3. The van der Waals surface area contributed by atoms with Crippen LogP contribution in [0.15, 0.2) is 24.3 Å². The van der Waals surface area contributed by atoms with E-state index in [1.807, 2.05) is 0 Å². The summed E-state index contributed by atoms with van der Waals surface area (Å²) in [5, 5.41) is 2.56. The smallest absolute Gasteiger partial charge is 0.220 e. The fourth-order valence-electron chi connectivity index (χ4n) is 0.997. The Balaban J connectivity index is 2.37. The van der Waals surface area contributed by atoms with Crippen molar-refractivity contribution in [2.24, 2.45) is 0 Å². The molecule has 0 aliphatic carbocycles. The van der Waals surface area contributed by atoms with Crippen LogP contribution in [0.5, 0.6) is 0 Å². The van der Waals surface area contributed by atoms with Crippen LogP contribution in [0.3, 0.4) is 0 Å². The number of carbonyl (C=O) groups excluding carboxylic acids is 1. The minimum atomic E-state index is -0.290. The molecule has 2 nitrogen and oxygen atoms in total. The van der Waals surface area contributed by atoms with Crippen molar-refractivity contribution in [3.05, 3.63) is 42.6 Å². The molecule has 13 heavy (non-hydrogen) atoms. The Morgan fingerprint density at radius 3 is 2.54 bits per heavy atom. The standard InChI is InChI=1S/C10H11FNO/c1-8(13)12-7-6-9-2-4-10(11)5-3-9/h2-5H,1,6-7H2,(H,12,13). The van der Waals surface area contributed by atoms with Crippen molar-refractivity contribution in [3.8, 4) is 0 Å². The van der Waals surface area contributed by atoms with Crippen LogP contribution >= 0.6 is 0 Å². The SMILES string of the molecule is [CH2]C(=O)NCCc1ccc(F)cc1. The molecule has 69 valence electrons. The van der Waals surface area contributed by atoms with E-state index < -0.39 is 0 Å². The first-order valence-corrected chi connectivity index (χ1v) is 4.03. The summed E-state index contributed by atoms with van der Waals surface area (Å²) >= 11 is 0. The lowest BCUT2D eigenvalue weighted by molar-refractivity contribution is -0.116. The number of carbonyl (C=O) groups is 1. The van der Waals surface area contributed by atoms with Crippen molar-refractivity contribution in [2.45, 2.75) is 6.42 Å². The van der Waals surface area contributed by atoms with Gasteiger partial charge in [-0.3, -0.25) is 4.79 Å². The van der Waals surface area contributed by atoms with E-state index >= 15 is 0 Å². The monoisotopic (exact) mass is 180 g/mol. The first-order chi connectivity index (χ1) is 6.18. The summed E-state index contributed by atoms with van der Waals surface area (Å²) < 4.78 is 12.5. The first kappa shape index (κ1) is 9.71. The van der Waals surface area contributed by atoms with Gasteiger partial charge in [0.05, 0.1) is 0 Å². The second-order valence-electron chi connectivity index (χ2n) is 2.73. The average Bonchev–Trinajstić information content (AvgIpc) is 2.08. The van der Waals surface area contributed by atoms with Crippen molar-refractivity contribution in [1.82, 2.24) is 5.32 Å². The second-order valence-corrected chi connectivity index (χ2v) is 2.73. The Bertz CT molecular complexity index is 281. The molecular weight excluding hydrogens is 169 g/mol. The van der Waals surface area contributed by atoms with Gasteiger partial charge in [0, 0.05) is 13.5 Å². The van der Waals surface area contributed by atoms with Gasteiger partial charge in [0.2, 0.25) is 5.91 Å². The van der Waals surface area contributed by atoms with Gasteiger partial charge >= 0.3 is 0 Å². The highest BCUT2D eigenvalue weighted by Gasteiger charge is 1.94. The molecule has 0 saturated carbocycles. The van der Waals surface area contributed by atoms with Gasteiger partial charge in [0.15, 0.2) is 0 Å². The largest absolute Gasteiger partial charge is 0.356 e. The third kappa shape index (κ3) is 3.69. The van der Waals surface area contributed by atoms with Crippen LogP contribution in [-0.4, -0.2) is 12.5 Å². The van der Waals surface area contributed by atoms with Gasteiger partial charge in [-0.2, -0.15) is 0 Å². The molecule has 1 N–H and O–H groups in total. The van der Waals surface area contributed by atoms with E-state index in [9.17, 15) is 9.18 Å². The van der Waals surface area contributed by atoms with Crippen LogP contribution in [0, 0.1) is 12.7 Å². The molecule has 1 rings (SSSR count). The lowest BCUT2D eigenvalue weighted by Gasteiger charge is -2.01. The molecule has 0 spiro atoms. The molecule has 0 unspecified atom stereocenters. The molecule has 3 heteroatoms. The van der Waals surface area contributed by atoms with Gasteiger partial charge in [-0.25, -0.2) is 4.39 Å².